The summed E-state index contributed by atoms with van der Waals surface area (Å²) in [5, 5.41) is 14.5. The van der Waals surface area contributed by atoms with E-state index < -0.39 is 25.1 Å². The van der Waals surface area contributed by atoms with Crippen LogP contribution in [-0.2, 0) is 20.1 Å². The standard InChI is InChI=1S/C20H16BrN3O7S2/c1-14-2-7-18(8-3-14)32(27,28)23-22-13-15-12-16(21)4-11-20(15)31-33(29,30)19-9-5-17(6-10-19)24(25)26/h2-13,23H,1H3. The minimum Gasteiger partial charge on any atom is -0.378 e. The highest BCUT2D eigenvalue weighted by atomic mass is 79.9. The first-order chi connectivity index (χ1) is 15.5. The summed E-state index contributed by atoms with van der Waals surface area (Å²) in [5.74, 6) is -0.130. The lowest BCUT2D eigenvalue weighted by Crippen LogP contribution is -2.18. The molecule has 0 unspecified atom stereocenters. The largest absolute Gasteiger partial charge is 0.378 e. The van der Waals surface area contributed by atoms with Gasteiger partial charge in [0.15, 0.2) is 5.75 Å². The lowest BCUT2D eigenvalue weighted by atomic mass is 10.2. The SMILES string of the molecule is Cc1ccc(S(=O)(=O)NN=Cc2cc(Br)ccc2OS(=O)(=O)c2ccc([N+](=O)[O-])cc2)cc1. The number of non-ortho nitro benzene ring substituents is 1. The van der Waals surface area contributed by atoms with Crippen molar-refractivity contribution < 1.29 is 25.9 Å². The van der Waals surface area contributed by atoms with Crippen molar-refractivity contribution in [3.05, 3.63) is 92.4 Å². The van der Waals surface area contributed by atoms with Crippen molar-refractivity contribution in [2.75, 3.05) is 0 Å². The van der Waals surface area contributed by atoms with Crippen LogP contribution in [0, 0.1) is 17.0 Å². The Bertz CT molecular complexity index is 1420. The number of nitrogens with one attached hydrogen (secondary N) is 1. The van der Waals surface area contributed by atoms with Gasteiger partial charge < -0.3 is 4.18 Å². The summed E-state index contributed by atoms with van der Waals surface area (Å²) in [6.45, 7) is 1.82. The van der Waals surface area contributed by atoms with Gasteiger partial charge in [-0.2, -0.15) is 21.9 Å². The van der Waals surface area contributed by atoms with Crippen LogP contribution in [0.3, 0.4) is 0 Å². The van der Waals surface area contributed by atoms with Gasteiger partial charge in [-0.25, -0.2) is 4.83 Å². The Morgan fingerprint density at radius 2 is 1.58 bits per heavy atom. The van der Waals surface area contributed by atoms with Crippen LogP contribution in [0.2, 0.25) is 0 Å². The fourth-order valence-electron chi connectivity index (χ4n) is 2.53. The Morgan fingerprint density at radius 1 is 0.970 bits per heavy atom. The summed E-state index contributed by atoms with van der Waals surface area (Å²) in [6.07, 6.45) is 1.09. The number of hydrogen-bond acceptors (Lipinski definition) is 8. The third kappa shape index (κ3) is 6.15. The molecule has 33 heavy (non-hydrogen) atoms. The van der Waals surface area contributed by atoms with E-state index in [9.17, 15) is 26.9 Å². The second-order valence-corrected chi connectivity index (χ2v) is 10.8. The van der Waals surface area contributed by atoms with Gasteiger partial charge in [-0.15, -0.1) is 0 Å². The summed E-state index contributed by atoms with van der Waals surface area (Å²) in [4.78, 5) is 11.9. The van der Waals surface area contributed by atoms with Crippen LogP contribution in [0.1, 0.15) is 11.1 Å². The lowest BCUT2D eigenvalue weighted by molar-refractivity contribution is -0.384. The van der Waals surface area contributed by atoms with E-state index in [0.29, 0.717) is 4.47 Å². The van der Waals surface area contributed by atoms with Crippen molar-refractivity contribution in [2.45, 2.75) is 16.7 Å². The van der Waals surface area contributed by atoms with E-state index in [1.54, 1.807) is 12.1 Å². The van der Waals surface area contributed by atoms with E-state index in [4.69, 9.17) is 4.18 Å². The number of nitro groups is 1. The highest BCUT2D eigenvalue weighted by Crippen LogP contribution is 2.26. The molecule has 3 rings (SSSR count). The Hall–Kier alpha value is -3.29. The van der Waals surface area contributed by atoms with Gasteiger partial charge in [0.1, 0.15) is 4.90 Å². The number of sulfonamides is 1. The van der Waals surface area contributed by atoms with Crippen LogP contribution in [-0.4, -0.2) is 28.0 Å². The maximum Gasteiger partial charge on any atom is 0.339 e. The highest BCUT2D eigenvalue weighted by Gasteiger charge is 2.20. The summed E-state index contributed by atoms with van der Waals surface area (Å²) < 4.78 is 55.7. The third-order valence-corrected chi connectivity index (χ3v) is 7.20. The molecule has 172 valence electrons. The molecule has 0 aromatic heterocycles. The number of nitrogens with zero attached hydrogens (tertiary/aromatic N) is 2. The van der Waals surface area contributed by atoms with Gasteiger partial charge in [-0.1, -0.05) is 33.6 Å². The second-order valence-electron chi connectivity index (χ2n) is 6.64. The molecule has 3 aromatic carbocycles. The normalized spacial score (nSPS) is 11.9. The van der Waals surface area contributed by atoms with Crippen LogP contribution in [0.4, 0.5) is 5.69 Å². The molecule has 0 aliphatic rings. The van der Waals surface area contributed by atoms with Crippen molar-refractivity contribution in [3.8, 4) is 5.75 Å². The molecule has 0 spiro atoms. The molecular formula is C20H16BrN3O7S2. The predicted octanol–water partition coefficient (Wildman–Crippen LogP) is 3.75. The number of nitro benzene ring substituents is 1. The average Bonchev–Trinajstić information content (AvgIpc) is 2.76. The number of hydrogen-bond donors (Lipinski definition) is 1. The molecule has 1 N–H and O–H groups in total. The van der Waals surface area contributed by atoms with Crippen LogP contribution < -0.4 is 9.01 Å². The van der Waals surface area contributed by atoms with Crippen molar-refractivity contribution >= 4 is 48.0 Å². The predicted molar refractivity (Wildman–Crippen MR) is 124 cm³/mol. The molecule has 0 bridgehead atoms. The third-order valence-electron chi connectivity index (χ3n) is 4.22. The van der Waals surface area contributed by atoms with Gasteiger partial charge >= 0.3 is 10.1 Å². The number of halogens is 1. The van der Waals surface area contributed by atoms with Gasteiger partial charge in [0.25, 0.3) is 15.7 Å². The molecule has 10 nitrogen and oxygen atoms in total. The average molecular weight is 554 g/mol. The maximum atomic E-state index is 12.6. The molecule has 0 atom stereocenters. The van der Waals surface area contributed by atoms with Gasteiger partial charge in [-0.3, -0.25) is 10.1 Å². The minimum atomic E-state index is -4.33. The molecule has 3 aromatic rings. The minimum absolute atomic E-state index is 0.0108. The highest BCUT2D eigenvalue weighted by molar-refractivity contribution is 9.10. The summed E-state index contributed by atoms with van der Waals surface area (Å²) >= 11 is 3.25. The Kier molecular flexibility index (Phi) is 7.15. The van der Waals surface area contributed by atoms with E-state index in [1.807, 2.05) is 6.92 Å². The molecule has 0 saturated heterocycles. The fourth-order valence-corrected chi connectivity index (χ4v) is 4.66. The molecule has 0 amide bonds. The molecule has 0 saturated carbocycles. The number of hydrazone groups is 1. The Balaban J connectivity index is 1.84. The molecule has 0 aliphatic heterocycles. The van der Waals surface area contributed by atoms with Gasteiger partial charge in [0.05, 0.1) is 16.0 Å². The molecule has 0 aliphatic carbocycles. The second kappa shape index (κ2) is 9.68. The Morgan fingerprint density at radius 3 is 2.18 bits per heavy atom. The van der Waals surface area contributed by atoms with Crippen molar-refractivity contribution in [2.24, 2.45) is 5.10 Å². The van der Waals surface area contributed by atoms with Crippen molar-refractivity contribution in [1.82, 2.24) is 4.83 Å². The molecule has 0 radical (unpaired) electrons. The van der Waals surface area contributed by atoms with Crippen LogP contribution in [0.15, 0.2) is 86.1 Å². The lowest BCUT2D eigenvalue weighted by Gasteiger charge is -2.10. The first-order valence-corrected chi connectivity index (χ1v) is 12.8. The van der Waals surface area contributed by atoms with Crippen LogP contribution >= 0.6 is 15.9 Å². The van der Waals surface area contributed by atoms with E-state index in [1.165, 1.54) is 30.3 Å². The molecule has 13 heteroatoms. The van der Waals surface area contributed by atoms with Crippen LogP contribution in [0.25, 0.3) is 0 Å². The molecule has 0 heterocycles. The molecular weight excluding hydrogens is 538 g/mol. The number of aryl methyl sites for hydroxylation is 1. The maximum absolute atomic E-state index is 12.6. The topological polar surface area (TPSA) is 145 Å². The van der Waals surface area contributed by atoms with E-state index in [2.05, 4.69) is 25.9 Å². The van der Waals surface area contributed by atoms with E-state index in [0.717, 1.165) is 36.0 Å². The monoisotopic (exact) mass is 553 g/mol. The van der Waals surface area contributed by atoms with E-state index >= 15 is 0 Å². The summed E-state index contributed by atoms with van der Waals surface area (Å²) in [7, 11) is -8.26. The van der Waals surface area contributed by atoms with Crippen molar-refractivity contribution in [1.29, 1.82) is 0 Å². The zero-order valence-corrected chi connectivity index (χ0v) is 20.1. The smallest absolute Gasteiger partial charge is 0.339 e. The quantitative estimate of drug-likeness (QED) is 0.193. The zero-order valence-electron chi connectivity index (χ0n) is 16.9. The fraction of sp³-hybridized carbons (Fsp3) is 0.0500. The van der Waals surface area contributed by atoms with Gasteiger partial charge in [0, 0.05) is 22.2 Å². The van der Waals surface area contributed by atoms with Gasteiger partial charge in [-0.05, 0) is 49.4 Å². The van der Waals surface area contributed by atoms with Crippen molar-refractivity contribution in [3.63, 3.8) is 0 Å². The first kappa shape index (κ1) is 24.4. The summed E-state index contributed by atoms with van der Waals surface area (Å²) in [5.41, 5.74) is 0.773. The number of benzene rings is 3. The Labute approximate surface area is 198 Å². The molecule has 0 fully saturated rings. The number of rotatable bonds is 8. The van der Waals surface area contributed by atoms with E-state index in [-0.39, 0.29) is 26.8 Å². The summed E-state index contributed by atoms with van der Waals surface area (Å²) in [6, 6.07) is 14.7. The van der Waals surface area contributed by atoms with Gasteiger partial charge in [0.2, 0.25) is 0 Å². The first-order valence-electron chi connectivity index (χ1n) is 9.08. The zero-order chi connectivity index (χ0) is 24.2. The van der Waals surface area contributed by atoms with Crippen LogP contribution in [0.5, 0.6) is 5.75 Å².